The summed E-state index contributed by atoms with van der Waals surface area (Å²) in [7, 11) is 3.14. The highest BCUT2D eigenvalue weighted by molar-refractivity contribution is 6.11. The summed E-state index contributed by atoms with van der Waals surface area (Å²) in [5.41, 5.74) is 2.16. The van der Waals surface area contributed by atoms with Crippen molar-refractivity contribution in [3.8, 4) is 11.1 Å². The Balaban J connectivity index is 0.00000600. The van der Waals surface area contributed by atoms with Crippen molar-refractivity contribution in [2.75, 3.05) is 26.0 Å². The summed E-state index contributed by atoms with van der Waals surface area (Å²) in [5, 5.41) is 6.18. The highest BCUT2D eigenvalue weighted by atomic mass is 35.5. The van der Waals surface area contributed by atoms with Gasteiger partial charge in [-0.05, 0) is 52.6 Å². The van der Waals surface area contributed by atoms with Crippen LogP contribution in [0.4, 0.5) is 18.9 Å². The number of hydrogen-bond acceptors (Lipinski definition) is 5. The first-order valence-corrected chi connectivity index (χ1v) is 14.7. The molecule has 0 aliphatic carbocycles. The number of nitrogens with one attached hydrogen (secondary N) is 2. The first-order chi connectivity index (χ1) is 21.8. The van der Waals surface area contributed by atoms with E-state index in [1.807, 2.05) is 44.2 Å². The van der Waals surface area contributed by atoms with E-state index in [-0.39, 0.29) is 54.3 Å². The van der Waals surface area contributed by atoms with Gasteiger partial charge in [0.15, 0.2) is 0 Å². The highest BCUT2D eigenvalue weighted by Crippen LogP contribution is 2.32. The van der Waals surface area contributed by atoms with Gasteiger partial charge in [0.2, 0.25) is 0 Å². The molecule has 0 aromatic heterocycles. The van der Waals surface area contributed by atoms with Crippen molar-refractivity contribution in [3.63, 3.8) is 0 Å². The van der Waals surface area contributed by atoms with Crippen molar-refractivity contribution < 1.29 is 32.3 Å². The lowest BCUT2D eigenvalue weighted by molar-refractivity contribution is -0.143. The second-order valence-corrected chi connectivity index (χ2v) is 11.3. The molecule has 47 heavy (non-hydrogen) atoms. The fraction of sp³-hybridized carbons (Fsp3) is 0.250. The third-order valence-electron chi connectivity index (χ3n) is 7.16. The molecule has 0 saturated carbocycles. The number of halogens is 4. The molecule has 0 fully saturated rings. The van der Waals surface area contributed by atoms with E-state index in [2.05, 4.69) is 10.6 Å². The average molecular weight is 668 g/mol. The quantitative estimate of drug-likeness (QED) is 0.161. The third-order valence-corrected chi connectivity index (χ3v) is 7.16. The molecule has 0 aliphatic heterocycles. The molecule has 1 atom stereocenters. The molecule has 4 rings (SSSR count). The SMILES string of the molecule is CC(C)N[C@@H](COC(=O)Cc1ccc(NC(=O)c2ccccc2-c2ccc(C(F)(F)F)cc2)c(C(=O)N(C)C)c1)c1ccccc1.Cl. The zero-order chi connectivity index (χ0) is 33.4. The van der Waals surface area contributed by atoms with Crippen LogP contribution in [0.2, 0.25) is 0 Å². The molecule has 4 aromatic rings. The van der Waals surface area contributed by atoms with Crippen molar-refractivity contribution >= 4 is 35.9 Å². The van der Waals surface area contributed by atoms with Gasteiger partial charge in [0.05, 0.1) is 29.3 Å². The number of alkyl halides is 3. The third kappa shape index (κ3) is 9.91. The second kappa shape index (κ2) is 16.2. The molecular formula is C36H37ClF3N3O4. The van der Waals surface area contributed by atoms with Gasteiger partial charge >= 0.3 is 12.1 Å². The molecule has 7 nitrogen and oxygen atoms in total. The molecule has 2 amide bonds. The Kier molecular flexibility index (Phi) is 12.7. The maximum absolute atomic E-state index is 13.5. The van der Waals surface area contributed by atoms with Crippen molar-refractivity contribution in [3.05, 3.63) is 125 Å². The minimum absolute atomic E-state index is 0. The van der Waals surface area contributed by atoms with Crippen LogP contribution in [0.3, 0.4) is 0 Å². The Morgan fingerprint density at radius 3 is 2.09 bits per heavy atom. The van der Waals surface area contributed by atoms with Crippen LogP contribution in [-0.2, 0) is 22.1 Å². The Morgan fingerprint density at radius 1 is 0.830 bits per heavy atom. The van der Waals surface area contributed by atoms with Gasteiger partial charge in [-0.1, -0.05) is 80.6 Å². The molecule has 0 heterocycles. The van der Waals surface area contributed by atoms with E-state index in [9.17, 15) is 27.6 Å². The van der Waals surface area contributed by atoms with E-state index in [1.165, 1.54) is 17.0 Å². The number of rotatable bonds is 11. The summed E-state index contributed by atoms with van der Waals surface area (Å²) >= 11 is 0. The summed E-state index contributed by atoms with van der Waals surface area (Å²) in [6.07, 6.45) is -4.58. The van der Waals surface area contributed by atoms with Crippen LogP contribution in [0.5, 0.6) is 0 Å². The predicted octanol–water partition coefficient (Wildman–Crippen LogP) is 7.57. The van der Waals surface area contributed by atoms with Crippen LogP contribution >= 0.6 is 12.4 Å². The van der Waals surface area contributed by atoms with Crippen LogP contribution < -0.4 is 10.6 Å². The van der Waals surface area contributed by atoms with Crippen molar-refractivity contribution in [2.24, 2.45) is 0 Å². The Morgan fingerprint density at radius 2 is 1.47 bits per heavy atom. The molecule has 248 valence electrons. The number of amides is 2. The first-order valence-electron chi connectivity index (χ1n) is 14.7. The first kappa shape index (κ1) is 36.8. The minimum Gasteiger partial charge on any atom is -0.463 e. The number of hydrogen-bond donors (Lipinski definition) is 2. The number of carbonyl (C=O) groups is 3. The minimum atomic E-state index is -4.48. The lowest BCUT2D eigenvalue weighted by Gasteiger charge is -2.21. The molecule has 4 aromatic carbocycles. The zero-order valence-corrected chi connectivity index (χ0v) is 27.2. The van der Waals surface area contributed by atoms with Gasteiger partial charge in [-0.25, -0.2) is 0 Å². The lowest BCUT2D eigenvalue weighted by Crippen LogP contribution is -2.32. The van der Waals surface area contributed by atoms with Gasteiger partial charge in [-0.2, -0.15) is 13.2 Å². The number of benzene rings is 4. The molecule has 11 heteroatoms. The van der Waals surface area contributed by atoms with Gasteiger partial charge in [-0.3, -0.25) is 14.4 Å². The van der Waals surface area contributed by atoms with E-state index >= 15 is 0 Å². The topological polar surface area (TPSA) is 87.7 Å². The maximum atomic E-state index is 13.5. The van der Waals surface area contributed by atoms with Crippen molar-refractivity contribution in [2.45, 2.75) is 38.5 Å². The Bertz CT molecular complexity index is 1680. The molecule has 0 unspecified atom stereocenters. The molecular weight excluding hydrogens is 631 g/mol. The maximum Gasteiger partial charge on any atom is 0.416 e. The van der Waals surface area contributed by atoms with Gasteiger partial charge in [0.1, 0.15) is 6.61 Å². The second-order valence-electron chi connectivity index (χ2n) is 11.3. The molecule has 0 spiro atoms. The summed E-state index contributed by atoms with van der Waals surface area (Å²) in [5.74, 6) is -1.43. The Hall–Kier alpha value is -4.67. The van der Waals surface area contributed by atoms with E-state index in [4.69, 9.17) is 4.74 Å². The molecule has 0 bridgehead atoms. The van der Waals surface area contributed by atoms with Gasteiger partial charge < -0.3 is 20.3 Å². The molecule has 2 N–H and O–H groups in total. The van der Waals surface area contributed by atoms with Gasteiger partial charge in [-0.15, -0.1) is 12.4 Å². The average Bonchev–Trinajstić information content (AvgIpc) is 3.03. The normalized spacial score (nSPS) is 11.7. The monoisotopic (exact) mass is 667 g/mol. The molecule has 0 radical (unpaired) electrons. The van der Waals surface area contributed by atoms with Crippen LogP contribution in [-0.4, -0.2) is 49.4 Å². The molecule has 0 saturated heterocycles. The van der Waals surface area contributed by atoms with Crippen LogP contribution in [0, 0.1) is 0 Å². The number of anilines is 1. The van der Waals surface area contributed by atoms with E-state index in [0.717, 1.165) is 17.7 Å². The largest absolute Gasteiger partial charge is 0.463 e. The number of carbonyl (C=O) groups excluding carboxylic acids is 3. The predicted molar refractivity (Wildman–Crippen MR) is 179 cm³/mol. The highest BCUT2D eigenvalue weighted by Gasteiger charge is 2.30. The van der Waals surface area contributed by atoms with Gasteiger partial charge in [0.25, 0.3) is 11.8 Å². The van der Waals surface area contributed by atoms with Gasteiger partial charge in [0, 0.05) is 25.7 Å². The fourth-order valence-electron chi connectivity index (χ4n) is 4.91. The number of nitrogens with zero attached hydrogens (tertiary/aromatic N) is 1. The fourth-order valence-corrected chi connectivity index (χ4v) is 4.91. The smallest absolute Gasteiger partial charge is 0.416 e. The van der Waals surface area contributed by atoms with E-state index < -0.39 is 29.5 Å². The summed E-state index contributed by atoms with van der Waals surface area (Å²) in [6, 6.07) is 25.4. The number of esters is 1. The van der Waals surface area contributed by atoms with E-state index in [0.29, 0.717) is 16.7 Å². The van der Waals surface area contributed by atoms with Crippen molar-refractivity contribution in [1.82, 2.24) is 10.2 Å². The summed E-state index contributed by atoms with van der Waals surface area (Å²) in [6.45, 7) is 4.14. The standard InChI is InChI=1S/C36H36F3N3O4.ClH/c1-23(2)40-32(26-10-6-5-7-11-26)22-46-33(43)21-24-14-19-31(30(20-24)35(45)42(3)4)41-34(44)29-13-9-8-12-28(29)25-15-17-27(18-16-25)36(37,38)39;/h5-20,23,32,40H,21-22H2,1-4H3,(H,41,44);1H/t32-;/m0./s1. The number of ether oxygens (including phenoxy) is 1. The van der Waals surface area contributed by atoms with Crippen LogP contribution in [0.15, 0.2) is 97.1 Å². The Labute approximate surface area is 278 Å². The lowest BCUT2D eigenvalue weighted by atomic mass is 9.97. The van der Waals surface area contributed by atoms with Crippen LogP contribution in [0.1, 0.15) is 57.3 Å². The zero-order valence-electron chi connectivity index (χ0n) is 26.4. The summed E-state index contributed by atoms with van der Waals surface area (Å²) in [4.78, 5) is 40.9. The molecule has 0 aliphatic rings. The van der Waals surface area contributed by atoms with Crippen molar-refractivity contribution in [1.29, 1.82) is 0 Å². The van der Waals surface area contributed by atoms with E-state index in [1.54, 1.807) is 56.6 Å². The van der Waals surface area contributed by atoms with Crippen LogP contribution in [0.25, 0.3) is 11.1 Å². The summed E-state index contributed by atoms with van der Waals surface area (Å²) < 4.78 is 44.9.